The molecule has 0 unspecified atom stereocenters. The van der Waals surface area contributed by atoms with Gasteiger partial charge < -0.3 is 5.11 Å². The quantitative estimate of drug-likeness (QED) is 0.847. The first-order valence-corrected chi connectivity index (χ1v) is 8.22. The molecule has 0 aromatic heterocycles. The number of benzene rings is 1. The monoisotopic (exact) mass is 279 g/mol. The van der Waals surface area contributed by atoms with Gasteiger partial charge >= 0.3 is 0 Å². The number of aromatic hydroxyl groups is 1. The standard InChI is InChI=1S/C9H13NO5S2/c1-10(8-3-5-9(11)6-4-8)17(14,15)7-16(2,12)13/h3-6,11H,7H2,1-2H3. The summed E-state index contributed by atoms with van der Waals surface area (Å²) in [4.78, 5) is 0. The Morgan fingerprint density at radius 3 is 2.00 bits per heavy atom. The molecule has 1 aromatic carbocycles. The Morgan fingerprint density at radius 1 is 1.12 bits per heavy atom. The summed E-state index contributed by atoms with van der Waals surface area (Å²) in [6, 6.07) is 5.41. The Hall–Kier alpha value is -1.28. The molecule has 0 heterocycles. The summed E-state index contributed by atoms with van der Waals surface area (Å²) in [5, 5.41) is 8.12. The SMILES string of the molecule is CN(c1ccc(O)cc1)S(=O)(=O)CS(C)(=O)=O. The van der Waals surface area contributed by atoms with Gasteiger partial charge in [-0.05, 0) is 24.3 Å². The summed E-state index contributed by atoms with van der Waals surface area (Å²) < 4.78 is 46.3. The Labute approximate surface area is 100 Å². The Bertz CT molecular complexity index is 589. The second-order valence-corrected chi connectivity index (χ2v) is 8.15. The summed E-state index contributed by atoms with van der Waals surface area (Å²) in [7, 11) is -6.29. The molecule has 17 heavy (non-hydrogen) atoms. The summed E-state index contributed by atoms with van der Waals surface area (Å²) in [6.45, 7) is 0. The van der Waals surface area contributed by atoms with Crippen molar-refractivity contribution < 1.29 is 21.9 Å². The number of sulfone groups is 1. The van der Waals surface area contributed by atoms with Crippen LogP contribution in [0.15, 0.2) is 24.3 Å². The van der Waals surface area contributed by atoms with Crippen LogP contribution in [0.25, 0.3) is 0 Å². The predicted octanol–water partition coefficient (Wildman–Crippen LogP) is 0.160. The second kappa shape index (κ2) is 4.53. The second-order valence-electron chi connectivity index (χ2n) is 3.64. The van der Waals surface area contributed by atoms with E-state index in [1.807, 2.05) is 0 Å². The average molecular weight is 279 g/mol. The maximum atomic E-state index is 11.7. The lowest BCUT2D eigenvalue weighted by Crippen LogP contribution is -2.31. The lowest BCUT2D eigenvalue weighted by molar-refractivity contribution is 0.475. The van der Waals surface area contributed by atoms with Gasteiger partial charge in [0.1, 0.15) is 5.75 Å². The molecule has 96 valence electrons. The molecule has 0 atom stereocenters. The Morgan fingerprint density at radius 2 is 1.59 bits per heavy atom. The molecule has 0 aliphatic rings. The zero-order valence-corrected chi connectivity index (χ0v) is 11.0. The maximum absolute atomic E-state index is 11.7. The van der Waals surface area contributed by atoms with Gasteiger partial charge in [-0.3, -0.25) is 4.31 Å². The van der Waals surface area contributed by atoms with Gasteiger partial charge in [0, 0.05) is 13.3 Å². The number of sulfonamides is 1. The zero-order chi connectivity index (χ0) is 13.3. The third-order valence-electron chi connectivity index (χ3n) is 1.99. The van der Waals surface area contributed by atoms with Crippen molar-refractivity contribution in [1.82, 2.24) is 0 Å². The molecule has 8 heteroatoms. The third kappa shape index (κ3) is 3.90. The van der Waals surface area contributed by atoms with Crippen LogP contribution in [-0.2, 0) is 19.9 Å². The highest BCUT2D eigenvalue weighted by molar-refractivity contribution is 8.08. The van der Waals surface area contributed by atoms with Gasteiger partial charge in [-0.1, -0.05) is 0 Å². The summed E-state index contributed by atoms with van der Waals surface area (Å²) >= 11 is 0. The van der Waals surface area contributed by atoms with Crippen molar-refractivity contribution in [3.8, 4) is 5.75 Å². The topological polar surface area (TPSA) is 91.8 Å². The Balaban J connectivity index is 3.05. The molecule has 0 aliphatic heterocycles. The molecule has 6 nitrogen and oxygen atoms in total. The third-order valence-corrected chi connectivity index (χ3v) is 5.94. The van der Waals surface area contributed by atoms with E-state index in [4.69, 9.17) is 5.11 Å². The van der Waals surface area contributed by atoms with Crippen LogP contribution in [0.1, 0.15) is 0 Å². The van der Waals surface area contributed by atoms with E-state index in [0.29, 0.717) is 0 Å². The molecule has 0 fully saturated rings. The number of nitrogens with zero attached hydrogens (tertiary/aromatic N) is 1. The molecule has 1 rings (SSSR count). The van der Waals surface area contributed by atoms with Gasteiger partial charge in [-0.2, -0.15) is 0 Å². The first kappa shape index (κ1) is 13.8. The van der Waals surface area contributed by atoms with Crippen molar-refractivity contribution in [2.24, 2.45) is 0 Å². The van der Waals surface area contributed by atoms with E-state index in [1.54, 1.807) is 0 Å². The first-order valence-electron chi connectivity index (χ1n) is 4.55. The van der Waals surface area contributed by atoms with Gasteiger partial charge in [0.05, 0.1) is 5.69 Å². The Kier molecular flexibility index (Phi) is 3.68. The van der Waals surface area contributed by atoms with Gasteiger partial charge in [-0.25, -0.2) is 16.8 Å². The summed E-state index contributed by atoms with van der Waals surface area (Å²) in [5.74, 6) is 0.00246. The fraction of sp³-hybridized carbons (Fsp3) is 0.333. The van der Waals surface area contributed by atoms with Crippen LogP contribution >= 0.6 is 0 Å². The fourth-order valence-corrected chi connectivity index (χ4v) is 4.41. The van der Waals surface area contributed by atoms with Crippen molar-refractivity contribution in [2.45, 2.75) is 0 Å². The minimum atomic E-state index is -3.92. The molecular formula is C9H13NO5S2. The average Bonchev–Trinajstić information content (AvgIpc) is 2.14. The molecule has 0 aliphatic carbocycles. The van der Waals surface area contributed by atoms with Crippen LogP contribution in [-0.4, -0.2) is 40.3 Å². The molecular weight excluding hydrogens is 266 g/mol. The molecule has 0 saturated carbocycles. The molecule has 0 bridgehead atoms. The van der Waals surface area contributed by atoms with E-state index in [2.05, 4.69) is 0 Å². The molecule has 1 N–H and O–H groups in total. The van der Waals surface area contributed by atoms with Gasteiger partial charge in [0.25, 0.3) is 0 Å². The minimum Gasteiger partial charge on any atom is -0.508 e. The minimum absolute atomic E-state index is 0.00246. The molecule has 0 amide bonds. The number of rotatable bonds is 4. The van der Waals surface area contributed by atoms with Crippen LogP contribution in [0.3, 0.4) is 0 Å². The number of phenolic OH excluding ortho intramolecular Hbond substituents is 1. The van der Waals surface area contributed by atoms with Crippen LogP contribution in [0.2, 0.25) is 0 Å². The van der Waals surface area contributed by atoms with Crippen LogP contribution < -0.4 is 4.31 Å². The van der Waals surface area contributed by atoms with Crippen molar-refractivity contribution in [3.05, 3.63) is 24.3 Å². The van der Waals surface area contributed by atoms with Crippen LogP contribution in [0, 0.1) is 0 Å². The number of hydrogen-bond donors (Lipinski definition) is 1. The van der Waals surface area contributed by atoms with E-state index in [1.165, 1.54) is 31.3 Å². The van der Waals surface area contributed by atoms with Crippen molar-refractivity contribution in [3.63, 3.8) is 0 Å². The van der Waals surface area contributed by atoms with Gasteiger partial charge in [0.2, 0.25) is 10.0 Å². The van der Waals surface area contributed by atoms with Crippen LogP contribution in [0.4, 0.5) is 5.69 Å². The number of phenols is 1. The fourth-order valence-electron chi connectivity index (χ4n) is 1.17. The smallest absolute Gasteiger partial charge is 0.249 e. The number of anilines is 1. The van der Waals surface area contributed by atoms with Gasteiger partial charge in [-0.15, -0.1) is 0 Å². The zero-order valence-electron chi connectivity index (χ0n) is 9.36. The summed E-state index contributed by atoms with van der Waals surface area (Å²) in [5.41, 5.74) is 0.284. The lowest BCUT2D eigenvalue weighted by atomic mass is 10.3. The predicted molar refractivity (Wildman–Crippen MR) is 65.1 cm³/mol. The highest BCUT2D eigenvalue weighted by Crippen LogP contribution is 2.20. The molecule has 1 aromatic rings. The van der Waals surface area contributed by atoms with Crippen molar-refractivity contribution in [1.29, 1.82) is 0 Å². The largest absolute Gasteiger partial charge is 0.508 e. The van der Waals surface area contributed by atoms with E-state index >= 15 is 0 Å². The maximum Gasteiger partial charge on any atom is 0.249 e. The van der Waals surface area contributed by atoms with E-state index in [0.717, 1.165) is 10.6 Å². The van der Waals surface area contributed by atoms with Gasteiger partial charge in [0.15, 0.2) is 14.9 Å². The normalized spacial score (nSPS) is 12.4. The van der Waals surface area contributed by atoms with Crippen molar-refractivity contribution >= 4 is 25.5 Å². The molecule has 0 spiro atoms. The summed E-state index contributed by atoms with van der Waals surface area (Å²) in [6.07, 6.45) is 0.856. The van der Waals surface area contributed by atoms with E-state index in [-0.39, 0.29) is 11.4 Å². The highest BCUT2D eigenvalue weighted by Gasteiger charge is 2.23. The highest BCUT2D eigenvalue weighted by atomic mass is 32.3. The van der Waals surface area contributed by atoms with E-state index in [9.17, 15) is 16.8 Å². The molecule has 0 radical (unpaired) electrons. The first-order chi connectivity index (χ1) is 7.62. The number of hydrogen-bond acceptors (Lipinski definition) is 5. The lowest BCUT2D eigenvalue weighted by Gasteiger charge is -2.18. The van der Waals surface area contributed by atoms with Crippen LogP contribution in [0.5, 0.6) is 5.75 Å². The molecule has 0 saturated heterocycles. The van der Waals surface area contributed by atoms with E-state index < -0.39 is 24.9 Å². The van der Waals surface area contributed by atoms with Crippen molar-refractivity contribution in [2.75, 3.05) is 22.7 Å².